The fourth-order valence-corrected chi connectivity index (χ4v) is 3.07. The lowest BCUT2D eigenvalue weighted by Gasteiger charge is -2.42. The largest absolute Gasteiger partial charge is 0.312 e. The van der Waals surface area contributed by atoms with Gasteiger partial charge in [-0.05, 0) is 48.7 Å². The zero-order chi connectivity index (χ0) is 14.5. The van der Waals surface area contributed by atoms with E-state index in [2.05, 4.69) is 69.2 Å². The molecule has 0 amide bonds. The minimum absolute atomic E-state index is 0.446. The first-order chi connectivity index (χ1) is 9.60. The molecule has 1 aromatic rings. The first-order valence-electron chi connectivity index (χ1n) is 7.32. The maximum Gasteiger partial charge on any atom is 0.0420 e. The normalized spacial score (nSPS) is 22.9. The minimum atomic E-state index is 0.446. The summed E-state index contributed by atoms with van der Waals surface area (Å²) in [4.78, 5) is 9.42. The Kier molecular flexibility index (Phi) is 5.96. The van der Waals surface area contributed by atoms with Crippen LogP contribution in [-0.4, -0.2) is 67.1 Å². The number of piperazine rings is 1. The second kappa shape index (κ2) is 7.50. The van der Waals surface area contributed by atoms with Crippen LogP contribution in [0, 0.1) is 0 Å². The molecule has 0 saturated carbocycles. The lowest BCUT2D eigenvalue weighted by atomic mass is 9.99. The maximum atomic E-state index is 4.52. The second-order valence-electron chi connectivity index (χ2n) is 5.65. The van der Waals surface area contributed by atoms with Gasteiger partial charge >= 0.3 is 0 Å². The molecule has 2 atom stereocenters. The predicted molar refractivity (Wildman–Crippen MR) is 87.0 cm³/mol. The van der Waals surface area contributed by atoms with Crippen LogP contribution in [0.1, 0.15) is 12.6 Å². The van der Waals surface area contributed by atoms with E-state index < -0.39 is 0 Å². The lowest BCUT2D eigenvalue weighted by molar-refractivity contribution is 0.0878. The molecule has 1 fully saturated rings. The predicted octanol–water partition coefficient (Wildman–Crippen LogP) is 1.61. The van der Waals surface area contributed by atoms with Crippen molar-refractivity contribution in [1.82, 2.24) is 20.1 Å². The zero-order valence-corrected chi connectivity index (χ0v) is 14.2. The first kappa shape index (κ1) is 15.9. The van der Waals surface area contributed by atoms with Crippen LogP contribution in [0.5, 0.6) is 0 Å². The molecule has 2 heterocycles. The van der Waals surface area contributed by atoms with Gasteiger partial charge in [0.25, 0.3) is 0 Å². The van der Waals surface area contributed by atoms with Crippen LogP contribution >= 0.6 is 15.9 Å². The molecule has 1 saturated heterocycles. The summed E-state index contributed by atoms with van der Waals surface area (Å²) in [7, 11) is 4.44. The van der Waals surface area contributed by atoms with E-state index in [1.165, 1.54) is 0 Å². The highest BCUT2D eigenvalue weighted by Crippen LogP contribution is 2.15. The third-order valence-corrected chi connectivity index (χ3v) is 4.52. The molecular formula is C15H25BrN4. The van der Waals surface area contributed by atoms with Crippen molar-refractivity contribution in [2.75, 3.05) is 40.3 Å². The Balaban J connectivity index is 2.07. The molecule has 0 aliphatic carbocycles. The fraction of sp³-hybridized carbons (Fsp3) is 0.667. The van der Waals surface area contributed by atoms with Crippen molar-refractivity contribution in [3.8, 4) is 0 Å². The molecule has 0 spiro atoms. The summed E-state index contributed by atoms with van der Waals surface area (Å²) in [6.45, 7) is 6.58. The molecule has 5 heteroatoms. The molecule has 20 heavy (non-hydrogen) atoms. The van der Waals surface area contributed by atoms with E-state index in [-0.39, 0.29) is 0 Å². The number of rotatable bonds is 5. The van der Waals surface area contributed by atoms with Crippen LogP contribution in [0.4, 0.5) is 0 Å². The smallest absolute Gasteiger partial charge is 0.0420 e. The van der Waals surface area contributed by atoms with Gasteiger partial charge in [0.2, 0.25) is 0 Å². The molecular weight excluding hydrogens is 316 g/mol. The number of pyridine rings is 1. The van der Waals surface area contributed by atoms with Crippen LogP contribution in [-0.2, 0) is 6.42 Å². The minimum Gasteiger partial charge on any atom is -0.312 e. The average molecular weight is 341 g/mol. The van der Waals surface area contributed by atoms with Crippen LogP contribution in [0.15, 0.2) is 22.8 Å². The summed E-state index contributed by atoms with van der Waals surface area (Å²) < 4.78 is 1.04. The van der Waals surface area contributed by atoms with Crippen LogP contribution < -0.4 is 5.32 Å². The summed E-state index contributed by atoms with van der Waals surface area (Å²) in [6, 6.07) is 5.17. The standard InChI is InChI=1S/C15H25BrN4/c1-4-17-14(9-13-6-5-12(16)10-18-13)15-11-19(2)7-8-20(15)3/h5-6,10,14-15,17H,4,7-9,11H2,1-3H3. The highest BCUT2D eigenvalue weighted by Gasteiger charge is 2.29. The van der Waals surface area contributed by atoms with Crippen LogP contribution in [0.3, 0.4) is 0 Å². The second-order valence-corrected chi connectivity index (χ2v) is 6.56. The molecule has 2 unspecified atom stereocenters. The molecule has 1 aromatic heterocycles. The summed E-state index contributed by atoms with van der Waals surface area (Å²) in [5, 5.41) is 3.65. The average Bonchev–Trinajstić information content (AvgIpc) is 2.43. The van der Waals surface area contributed by atoms with Crippen molar-refractivity contribution < 1.29 is 0 Å². The van der Waals surface area contributed by atoms with Crippen LogP contribution in [0.2, 0.25) is 0 Å². The number of likely N-dealkylation sites (N-methyl/N-ethyl adjacent to an activating group) is 3. The number of nitrogens with one attached hydrogen (secondary N) is 1. The van der Waals surface area contributed by atoms with E-state index in [1.807, 2.05) is 6.20 Å². The number of aromatic nitrogens is 1. The Morgan fingerprint density at radius 1 is 1.40 bits per heavy atom. The van der Waals surface area contributed by atoms with Crippen LogP contribution in [0.25, 0.3) is 0 Å². The Bertz CT molecular complexity index is 409. The SMILES string of the molecule is CCNC(Cc1ccc(Br)cn1)C1CN(C)CCN1C. The third kappa shape index (κ3) is 4.25. The van der Waals surface area contributed by atoms with Gasteiger partial charge in [0.1, 0.15) is 0 Å². The van der Waals surface area contributed by atoms with Crippen molar-refractivity contribution in [1.29, 1.82) is 0 Å². The van der Waals surface area contributed by atoms with E-state index >= 15 is 0 Å². The molecule has 0 aromatic carbocycles. The summed E-state index contributed by atoms with van der Waals surface area (Å²) in [5.74, 6) is 0. The van der Waals surface area contributed by atoms with E-state index in [0.29, 0.717) is 12.1 Å². The summed E-state index contributed by atoms with van der Waals surface area (Å²) in [6.07, 6.45) is 2.86. The monoisotopic (exact) mass is 340 g/mol. The van der Waals surface area contributed by atoms with Crippen molar-refractivity contribution >= 4 is 15.9 Å². The van der Waals surface area contributed by atoms with Crippen molar-refractivity contribution in [3.63, 3.8) is 0 Å². The first-order valence-corrected chi connectivity index (χ1v) is 8.12. The third-order valence-electron chi connectivity index (χ3n) is 4.05. The molecule has 4 nitrogen and oxygen atoms in total. The topological polar surface area (TPSA) is 31.4 Å². The number of nitrogens with zero attached hydrogens (tertiary/aromatic N) is 3. The highest BCUT2D eigenvalue weighted by molar-refractivity contribution is 9.10. The quantitative estimate of drug-likeness (QED) is 0.882. The van der Waals surface area contributed by atoms with Gasteiger partial charge in [-0.3, -0.25) is 9.88 Å². The molecule has 0 radical (unpaired) electrons. The molecule has 0 bridgehead atoms. The van der Waals surface area contributed by atoms with Crippen molar-refractivity contribution in [2.45, 2.75) is 25.4 Å². The van der Waals surface area contributed by atoms with Gasteiger partial charge in [0, 0.05) is 54.5 Å². The Morgan fingerprint density at radius 2 is 2.20 bits per heavy atom. The van der Waals surface area contributed by atoms with Crippen molar-refractivity contribution in [3.05, 3.63) is 28.5 Å². The highest BCUT2D eigenvalue weighted by atomic mass is 79.9. The molecule has 2 rings (SSSR count). The Labute approximate surface area is 130 Å². The zero-order valence-electron chi connectivity index (χ0n) is 12.6. The lowest BCUT2D eigenvalue weighted by Crippen LogP contribution is -2.59. The van der Waals surface area contributed by atoms with Gasteiger partial charge < -0.3 is 10.2 Å². The van der Waals surface area contributed by atoms with E-state index in [1.54, 1.807) is 0 Å². The van der Waals surface area contributed by atoms with Gasteiger partial charge in [-0.15, -0.1) is 0 Å². The van der Waals surface area contributed by atoms with Gasteiger partial charge in [-0.1, -0.05) is 6.92 Å². The van der Waals surface area contributed by atoms with Gasteiger partial charge in [-0.25, -0.2) is 0 Å². The summed E-state index contributed by atoms with van der Waals surface area (Å²) >= 11 is 3.44. The van der Waals surface area contributed by atoms with E-state index in [9.17, 15) is 0 Å². The van der Waals surface area contributed by atoms with Crippen molar-refractivity contribution in [2.24, 2.45) is 0 Å². The van der Waals surface area contributed by atoms with E-state index in [0.717, 1.165) is 42.8 Å². The molecule has 1 N–H and O–H groups in total. The molecule has 1 aliphatic rings. The summed E-state index contributed by atoms with van der Waals surface area (Å²) in [5.41, 5.74) is 1.15. The number of hydrogen-bond donors (Lipinski definition) is 1. The Hall–Kier alpha value is -0.490. The Morgan fingerprint density at radius 3 is 2.85 bits per heavy atom. The molecule has 1 aliphatic heterocycles. The van der Waals surface area contributed by atoms with Gasteiger partial charge in [0.15, 0.2) is 0 Å². The maximum absolute atomic E-state index is 4.52. The number of hydrogen-bond acceptors (Lipinski definition) is 4. The van der Waals surface area contributed by atoms with Gasteiger partial charge in [-0.2, -0.15) is 0 Å². The van der Waals surface area contributed by atoms with Gasteiger partial charge in [0.05, 0.1) is 0 Å². The fourth-order valence-electron chi connectivity index (χ4n) is 2.84. The molecule has 112 valence electrons. The number of halogens is 1. The van der Waals surface area contributed by atoms with E-state index in [4.69, 9.17) is 0 Å².